The number of para-hydroxylation sites is 1. The zero-order chi connectivity index (χ0) is 19.5. The van der Waals surface area contributed by atoms with Crippen molar-refractivity contribution in [1.82, 2.24) is 0 Å². The van der Waals surface area contributed by atoms with Gasteiger partial charge in [-0.05, 0) is 66.7 Å². The lowest BCUT2D eigenvalue weighted by Crippen LogP contribution is -2.34. The van der Waals surface area contributed by atoms with E-state index < -0.39 is 0 Å². The van der Waals surface area contributed by atoms with Crippen LogP contribution in [-0.4, -0.2) is 11.9 Å². The van der Waals surface area contributed by atoms with E-state index in [4.69, 9.17) is 21.7 Å². The molecule has 142 valence electrons. The SMILES string of the molecule is Cc1ccccc1NC(=S)N(Cc1ccc2c(c1)OCO2)c1cccc(F)c1. The Morgan fingerprint density at radius 1 is 1.04 bits per heavy atom. The van der Waals surface area contributed by atoms with Gasteiger partial charge in [0, 0.05) is 11.4 Å². The average molecular weight is 394 g/mol. The quantitative estimate of drug-likeness (QED) is 0.610. The van der Waals surface area contributed by atoms with Crippen molar-refractivity contribution in [3.63, 3.8) is 0 Å². The second kappa shape index (κ2) is 7.86. The lowest BCUT2D eigenvalue weighted by atomic mass is 10.1. The summed E-state index contributed by atoms with van der Waals surface area (Å²) in [4.78, 5) is 1.86. The number of benzene rings is 3. The Labute approximate surface area is 168 Å². The summed E-state index contributed by atoms with van der Waals surface area (Å²) >= 11 is 5.68. The predicted octanol–water partition coefficient (Wildman–Crippen LogP) is 5.27. The number of nitrogens with one attached hydrogen (secondary N) is 1. The lowest BCUT2D eigenvalue weighted by molar-refractivity contribution is 0.174. The van der Waals surface area contributed by atoms with Crippen LogP contribution in [0.3, 0.4) is 0 Å². The number of thiocarbonyl (C=S) groups is 1. The van der Waals surface area contributed by atoms with Gasteiger partial charge in [-0.25, -0.2) is 4.39 Å². The number of rotatable bonds is 4. The van der Waals surface area contributed by atoms with Crippen LogP contribution in [0.4, 0.5) is 15.8 Å². The summed E-state index contributed by atoms with van der Waals surface area (Å²) in [5.74, 6) is 1.11. The molecule has 1 heterocycles. The molecule has 1 aliphatic heterocycles. The third-order valence-electron chi connectivity index (χ3n) is 4.53. The number of anilines is 2. The monoisotopic (exact) mass is 394 g/mol. The fraction of sp³-hybridized carbons (Fsp3) is 0.136. The van der Waals surface area contributed by atoms with Gasteiger partial charge in [0.25, 0.3) is 0 Å². The van der Waals surface area contributed by atoms with E-state index in [9.17, 15) is 4.39 Å². The van der Waals surface area contributed by atoms with E-state index in [0.29, 0.717) is 23.1 Å². The zero-order valence-corrected chi connectivity index (χ0v) is 16.1. The van der Waals surface area contributed by atoms with Gasteiger partial charge in [-0.2, -0.15) is 0 Å². The normalized spacial score (nSPS) is 11.9. The van der Waals surface area contributed by atoms with Crippen LogP contribution in [-0.2, 0) is 6.54 Å². The molecule has 4 nitrogen and oxygen atoms in total. The highest BCUT2D eigenvalue weighted by molar-refractivity contribution is 7.80. The molecule has 0 saturated heterocycles. The Morgan fingerprint density at radius 2 is 1.86 bits per heavy atom. The van der Waals surface area contributed by atoms with E-state index in [0.717, 1.165) is 22.6 Å². The topological polar surface area (TPSA) is 33.7 Å². The Bertz CT molecular complexity index is 1020. The van der Waals surface area contributed by atoms with Crippen LogP contribution in [0.1, 0.15) is 11.1 Å². The highest BCUT2D eigenvalue weighted by Crippen LogP contribution is 2.33. The van der Waals surface area contributed by atoms with Gasteiger partial charge in [0.2, 0.25) is 6.79 Å². The summed E-state index contributed by atoms with van der Waals surface area (Å²) in [6.07, 6.45) is 0. The van der Waals surface area contributed by atoms with Crippen molar-refractivity contribution in [1.29, 1.82) is 0 Å². The molecule has 0 aliphatic carbocycles. The predicted molar refractivity (Wildman–Crippen MR) is 113 cm³/mol. The number of nitrogens with zero attached hydrogens (tertiary/aromatic N) is 1. The molecule has 6 heteroatoms. The van der Waals surface area contributed by atoms with Crippen molar-refractivity contribution in [3.8, 4) is 11.5 Å². The molecule has 4 rings (SSSR count). The molecule has 28 heavy (non-hydrogen) atoms. The maximum atomic E-state index is 13.9. The minimum Gasteiger partial charge on any atom is -0.454 e. The summed E-state index contributed by atoms with van der Waals surface area (Å²) in [6, 6.07) is 20.0. The van der Waals surface area contributed by atoms with Gasteiger partial charge in [0.05, 0.1) is 6.54 Å². The second-order valence-corrected chi connectivity index (χ2v) is 6.89. The first kappa shape index (κ1) is 18.3. The number of fused-ring (bicyclic) bond motifs is 1. The molecule has 0 saturated carbocycles. The molecular formula is C22H19FN2O2S. The van der Waals surface area contributed by atoms with Crippen molar-refractivity contribution in [2.75, 3.05) is 17.0 Å². The van der Waals surface area contributed by atoms with Gasteiger partial charge in [0.15, 0.2) is 16.6 Å². The molecule has 1 aliphatic rings. The van der Waals surface area contributed by atoms with Crippen molar-refractivity contribution >= 4 is 28.7 Å². The smallest absolute Gasteiger partial charge is 0.231 e. The number of halogens is 1. The van der Waals surface area contributed by atoms with Gasteiger partial charge in [0.1, 0.15) is 5.82 Å². The average Bonchev–Trinajstić information content (AvgIpc) is 3.15. The zero-order valence-electron chi connectivity index (χ0n) is 15.3. The van der Waals surface area contributed by atoms with E-state index in [1.807, 2.05) is 60.4 Å². The van der Waals surface area contributed by atoms with Crippen LogP contribution in [0.5, 0.6) is 11.5 Å². The van der Waals surface area contributed by atoms with E-state index in [2.05, 4.69) is 5.32 Å². The first-order valence-corrected chi connectivity index (χ1v) is 9.29. The summed E-state index contributed by atoms with van der Waals surface area (Å²) in [5.41, 5.74) is 3.64. The molecule has 0 radical (unpaired) electrons. The van der Waals surface area contributed by atoms with Crippen LogP contribution in [0.2, 0.25) is 0 Å². The van der Waals surface area contributed by atoms with Gasteiger partial charge in [-0.1, -0.05) is 30.3 Å². The van der Waals surface area contributed by atoms with Crippen LogP contribution in [0, 0.1) is 12.7 Å². The van der Waals surface area contributed by atoms with Crippen LogP contribution >= 0.6 is 12.2 Å². The summed E-state index contributed by atoms with van der Waals surface area (Å²) in [7, 11) is 0. The number of aryl methyl sites for hydroxylation is 1. The van der Waals surface area contributed by atoms with Crippen LogP contribution < -0.4 is 19.7 Å². The molecule has 0 bridgehead atoms. The van der Waals surface area contributed by atoms with Crippen molar-refractivity contribution in [2.24, 2.45) is 0 Å². The second-order valence-electron chi connectivity index (χ2n) is 6.50. The van der Waals surface area contributed by atoms with Gasteiger partial charge < -0.3 is 19.7 Å². The summed E-state index contributed by atoms with van der Waals surface area (Å²) in [6.45, 7) is 2.69. The fourth-order valence-corrected chi connectivity index (χ4v) is 3.32. The van der Waals surface area contributed by atoms with Crippen LogP contribution in [0.25, 0.3) is 0 Å². The van der Waals surface area contributed by atoms with E-state index in [1.54, 1.807) is 6.07 Å². The Morgan fingerprint density at radius 3 is 2.68 bits per heavy atom. The Hall–Kier alpha value is -3.12. The van der Waals surface area contributed by atoms with E-state index in [-0.39, 0.29) is 12.6 Å². The summed E-state index contributed by atoms with van der Waals surface area (Å²) in [5, 5.41) is 3.76. The number of hydrogen-bond acceptors (Lipinski definition) is 3. The van der Waals surface area contributed by atoms with Gasteiger partial charge in [-0.3, -0.25) is 0 Å². The third kappa shape index (κ3) is 3.92. The Kier molecular flexibility index (Phi) is 5.12. The number of hydrogen-bond donors (Lipinski definition) is 1. The molecule has 3 aromatic rings. The van der Waals surface area contributed by atoms with E-state index >= 15 is 0 Å². The highest BCUT2D eigenvalue weighted by Gasteiger charge is 2.18. The minimum atomic E-state index is -0.313. The highest BCUT2D eigenvalue weighted by atomic mass is 32.1. The molecule has 1 N–H and O–H groups in total. The fourth-order valence-electron chi connectivity index (χ4n) is 3.04. The van der Waals surface area contributed by atoms with Gasteiger partial charge >= 0.3 is 0 Å². The molecular weight excluding hydrogens is 375 g/mol. The molecule has 0 aromatic heterocycles. The largest absolute Gasteiger partial charge is 0.454 e. The summed E-state index contributed by atoms with van der Waals surface area (Å²) < 4.78 is 24.7. The lowest BCUT2D eigenvalue weighted by Gasteiger charge is -2.27. The van der Waals surface area contributed by atoms with Gasteiger partial charge in [-0.15, -0.1) is 0 Å². The van der Waals surface area contributed by atoms with Crippen molar-refractivity contribution in [3.05, 3.63) is 83.7 Å². The van der Waals surface area contributed by atoms with Crippen molar-refractivity contribution < 1.29 is 13.9 Å². The molecule has 0 amide bonds. The van der Waals surface area contributed by atoms with E-state index in [1.165, 1.54) is 12.1 Å². The maximum absolute atomic E-state index is 13.9. The maximum Gasteiger partial charge on any atom is 0.231 e. The van der Waals surface area contributed by atoms with Crippen molar-refractivity contribution in [2.45, 2.75) is 13.5 Å². The first-order chi connectivity index (χ1) is 13.6. The van der Waals surface area contributed by atoms with Crippen LogP contribution in [0.15, 0.2) is 66.7 Å². The number of ether oxygens (including phenoxy) is 2. The standard InChI is InChI=1S/C22H19FN2O2S/c1-15-5-2-3-8-19(15)24-22(28)25(18-7-4-6-17(23)12-18)13-16-9-10-20-21(11-16)27-14-26-20/h2-12H,13-14H2,1H3,(H,24,28). The molecule has 3 aromatic carbocycles. The molecule has 0 spiro atoms. The molecule has 0 fully saturated rings. The first-order valence-electron chi connectivity index (χ1n) is 8.88. The third-order valence-corrected chi connectivity index (χ3v) is 4.85. The molecule has 0 atom stereocenters. The minimum absolute atomic E-state index is 0.222. The Balaban J connectivity index is 1.64. The molecule has 0 unspecified atom stereocenters.